The van der Waals surface area contributed by atoms with E-state index in [9.17, 15) is 4.79 Å². The molecular weight excluding hydrogens is 288 g/mol. The summed E-state index contributed by atoms with van der Waals surface area (Å²) in [5, 5.41) is 20.0. The van der Waals surface area contributed by atoms with Gasteiger partial charge in [0.2, 0.25) is 11.0 Å². The van der Waals surface area contributed by atoms with Crippen LogP contribution < -0.4 is 5.32 Å². The van der Waals surface area contributed by atoms with Crippen LogP contribution in [-0.4, -0.2) is 32.0 Å². The first-order valence-corrected chi connectivity index (χ1v) is 7.19. The lowest BCUT2D eigenvalue weighted by Crippen LogP contribution is -1.99. The number of oxazole rings is 1. The zero-order valence-electron chi connectivity index (χ0n) is 10.3. The molecule has 0 aliphatic carbocycles. The van der Waals surface area contributed by atoms with E-state index in [0.29, 0.717) is 21.9 Å². The van der Waals surface area contributed by atoms with Gasteiger partial charge in [-0.1, -0.05) is 23.1 Å². The molecule has 7 nitrogen and oxygen atoms in total. The van der Waals surface area contributed by atoms with Gasteiger partial charge in [0, 0.05) is 0 Å². The number of aromatic nitrogens is 3. The molecule has 0 saturated heterocycles. The summed E-state index contributed by atoms with van der Waals surface area (Å²) in [5.41, 5.74) is 0.867. The molecule has 0 amide bonds. The van der Waals surface area contributed by atoms with E-state index in [2.05, 4.69) is 20.5 Å². The van der Waals surface area contributed by atoms with Gasteiger partial charge in [-0.05, 0) is 13.8 Å². The van der Waals surface area contributed by atoms with Gasteiger partial charge in [0.1, 0.15) is 5.76 Å². The van der Waals surface area contributed by atoms with Crippen molar-refractivity contribution in [3.63, 3.8) is 0 Å². The molecule has 2 N–H and O–H groups in total. The van der Waals surface area contributed by atoms with Gasteiger partial charge in [-0.25, -0.2) is 4.98 Å². The van der Waals surface area contributed by atoms with E-state index in [0.717, 1.165) is 23.2 Å². The van der Waals surface area contributed by atoms with Crippen LogP contribution in [0.15, 0.2) is 8.76 Å². The fourth-order valence-electron chi connectivity index (χ4n) is 1.23. The van der Waals surface area contributed by atoms with Gasteiger partial charge in [0.15, 0.2) is 4.34 Å². The molecule has 0 aliphatic heterocycles. The highest BCUT2D eigenvalue weighted by atomic mass is 32.2. The van der Waals surface area contributed by atoms with Gasteiger partial charge >= 0.3 is 5.97 Å². The minimum Gasteiger partial charge on any atom is -0.481 e. The highest BCUT2D eigenvalue weighted by Crippen LogP contribution is 2.25. The average Bonchev–Trinajstić information content (AvgIpc) is 2.92. The Morgan fingerprint density at radius 3 is 2.89 bits per heavy atom. The number of thioether (sulfide) groups is 1. The van der Waals surface area contributed by atoms with Crippen molar-refractivity contribution in [3.05, 3.63) is 17.3 Å². The van der Waals surface area contributed by atoms with Crippen LogP contribution in [0.2, 0.25) is 0 Å². The Bertz CT molecular complexity index is 562. The third-order valence-electron chi connectivity index (χ3n) is 2.19. The van der Waals surface area contributed by atoms with Crippen LogP contribution in [0.25, 0.3) is 0 Å². The molecule has 0 aromatic carbocycles. The van der Waals surface area contributed by atoms with Gasteiger partial charge < -0.3 is 14.8 Å². The molecule has 2 heterocycles. The summed E-state index contributed by atoms with van der Waals surface area (Å²) >= 11 is 2.45. The molecule has 0 unspecified atom stereocenters. The Morgan fingerprint density at radius 2 is 2.26 bits per heavy atom. The first-order chi connectivity index (χ1) is 9.04. The van der Waals surface area contributed by atoms with Crippen molar-refractivity contribution >= 4 is 34.2 Å². The Hall–Kier alpha value is -1.61. The summed E-state index contributed by atoms with van der Waals surface area (Å²) < 4.78 is 6.04. The van der Waals surface area contributed by atoms with Crippen LogP contribution in [0.3, 0.4) is 0 Å². The van der Waals surface area contributed by atoms with Crippen LogP contribution >= 0.6 is 23.1 Å². The van der Waals surface area contributed by atoms with E-state index in [1.807, 2.05) is 13.8 Å². The fraction of sp³-hybridized carbons (Fsp3) is 0.400. The zero-order valence-corrected chi connectivity index (χ0v) is 12.0. The second kappa shape index (κ2) is 6.02. The van der Waals surface area contributed by atoms with E-state index in [4.69, 9.17) is 9.52 Å². The normalized spacial score (nSPS) is 10.6. The number of carbonyl (C=O) groups is 1. The predicted octanol–water partition coefficient (Wildman–Crippen LogP) is 1.93. The maximum Gasteiger partial charge on any atom is 0.313 e. The molecular formula is C10H12N4O3S2. The molecule has 2 aromatic rings. The number of carboxylic acids is 1. The average molecular weight is 300 g/mol. The number of rotatable bonds is 6. The van der Waals surface area contributed by atoms with Crippen LogP contribution in [0.5, 0.6) is 0 Å². The number of nitrogens with zero attached hydrogens (tertiary/aromatic N) is 3. The van der Waals surface area contributed by atoms with Crippen molar-refractivity contribution in [1.29, 1.82) is 0 Å². The van der Waals surface area contributed by atoms with Crippen LogP contribution in [0, 0.1) is 13.8 Å². The number of carboxylic acid groups (broad SMARTS) is 1. The van der Waals surface area contributed by atoms with Crippen LogP contribution in [-0.2, 0) is 11.3 Å². The Labute approximate surface area is 117 Å². The zero-order chi connectivity index (χ0) is 13.8. The molecule has 0 spiro atoms. The summed E-state index contributed by atoms with van der Waals surface area (Å²) in [4.78, 5) is 14.7. The number of hydrogen-bond acceptors (Lipinski definition) is 8. The van der Waals surface area contributed by atoms with E-state index in [1.165, 1.54) is 11.3 Å². The molecule has 19 heavy (non-hydrogen) atoms. The molecule has 0 saturated carbocycles. The number of hydrogen-bond donors (Lipinski definition) is 2. The standard InChI is InChI=1S/C10H12N4O3S2/c1-5-6(2)17-7(12-5)3-11-9-13-14-10(19-9)18-4-8(15)16/h3-4H2,1-2H3,(H,11,13)(H,15,16). The van der Waals surface area contributed by atoms with Gasteiger partial charge in [0.05, 0.1) is 18.0 Å². The van der Waals surface area contributed by atoms with E-state index < -0.39 is 5.97 Å². The number of aryl methyl sites for hydroxylation is 2. The summed E-state index contributed by atoms with van der Waals surface area (Å²) in [6, 6.07) is 0. The van der Waals surface area contributed by atoms with Crippen molar-refractivity contribution in [2.75, 3.05) is 11.1 Å². The summed E-state index contributed by atoms with van der Waals surface area (Å²) in [5.74, 6) is 0.490. The largest absolute Gasteiger partial charge is 0.481 e. The van der Waals surface area contributed by atoms with E-state index >= 15 is 0 Å². The maximum absolute atomic E-state index is 10.4. The first-order valence-electron chi connectivity index (χ1n) is 5.39. The van der Waals surface area contributed by atoms with Crippen molar-refractivity contribution < 1.29 is 14.3 Å². The van der Waals surface area contributed by atoms with Crippen molar-refractivity contribution in [1.82, 2.24) is 15.2 Å². The van der Waals surface area contributed by atoms with Crippen molar-refractivity contribution in [3.8, 4) is 0 Å². The second-order valence-corrected chi connectivity index (χ2v) is 5.86. The minimum atomic E-state index is -0.875. The molecule has 0 atom stereocenters. The summed E-state index contributed by atoms with van der Waals surface area (Å²) in [6.45, 7) is 4.16. The Kier molecular flexibility index (Phi) is 4.38. The highest BCUT2D eigenvalue weighted by molar-refractivity contribution is 8.01. The van der Waals surface area contributed by atoms with E-state index in [1.54, 1.807) is 0 Å². The smallest absolute Gasteiger partial charge is 0.313 e. The molecule has 0 fully saturated rings. The highest BCUT2D eigenvalue weighted by Gasteiger charge is 2.09. The second-order valence-electron chi connectivity index (χ2n) is 3.66. The summed E-state index contributed by atoms with van der Waals surface area (Å²) in [6.07, 6.45) is 0. The number of anilines is 1. The topological polar surface area (TPSA) is 101 Å². The molecule has 0 radical (unpaired) electrons. The van der Waals surface area contributed by atoms with Gasteiger partial charge in [-0.2, -0.15) is 0 Å². The third-order valence-corrected chi connectivity index (χ3v) is 4.19. The Morgan fingerprint density at radius 1 is 1.47 bits per heavy atom. The number of nitrogens with one attached hydrogen (secondary N) is 1. The molecule has 2 rings (SSSR count). The van der Waals surface area contributed by atoms with Gasteiger partial charge in [0.25, 0.3) is 0 Å². The molecule has 102 valence electrons. The SMILES string of the molecule is Cc1nc(CNc2nnc(SCC(=O)O)s2)oc1C. The lowest BCUT2D eigenvalue weighted by Gasteiger charge is -1.96. The Balaban J connectivity index is 1.87. The molecule has 0 aliphatic rings. The summed E-state index contributed by atoms with van der Waals surface area (Å²) in [7, 11) is 0. The lowest BCUT2D eigenvalue weighted by molar-refractivity contribution is -0.133. The number of aliphatic carboxylic acids is 1. The van der Waals surface area contributed by atoms with E-state index in [-0.39, 0.29) is 5.75 Å². The third kappa shape index (κ3) is 3.93. The van der Waals surface area contributed by atoms with Crippen LogP contribution in [0.1, 0.15) is 17.3 Å². The lowest BCUT2D eigenvalue weighted by atomic mass is 10.4. The first kappa shape index (κ1) is 13.8. The maximum atomic E-state index is 10.4. The quantitative estimate of drug-likeness (QED) is 0.780. The molecule has 0 bridgehead atoms. The molecule has 9 heteroatoms. The van der Waals surface area contributed by atoms with Crippen molar-refractivity contribution in [2.45, 2.75) is 24.7 Å². The van der Waals surface area contributed by atoms with Gasteiger partial charge in [-0.3, -0.25) is 4.79 Å². The predicted molar refractivity (Wildman–Crippen MR) is 71.6 cm³/mol. The van der Waals surface area contributed by atoms with Crippen molar-refractivity contribution in [2.24, 2.45) is 0 Å². The molecule has 2 aromatic heterocycles. The monoisotopic (exact) mass is 300 g/mol. The van der Waals surface area contributed by atoms with Crippen LogP contribution in [0.4, 0.5) is 5.13 Å². The minimum absolute atomic E-state index is 0.0211. The van der Waals surface area contributed by atoms with Gasteiger partial charge in [-0.15, -0.1) is 10.2 Å². The fourth-order valence-corrected chi connectivity index (χ4v) is 2.70.